The van der Waals surface area contributed by atoms with Crippen LogP contribution in [0.1, 0.15) is 43.7 Å². The fraction of sp³-hybridized carbons (Fsp3) is 0.647. The van der Waals surface area contributed by atoms with Crippen LogP contribution in [0.4, 0.5) is 0 Å². The number of nitrogens with one attached hydrogen (secondary N) is 1. The average Bonchev–Trinajstić information content (AvgIpc) is 2.50. The third-order valence-electron chi connectivity index (χ3n) is 4.83. The summed E-state index contributed by atoms with van der Waals surface area (Å²) >= 11 is 2.45. The zero-order valence-electron chi connectivity index (χ0n) is 13.0. The maximum Gasteiger partial charge on any atom is 0.0377 e. The van der Waals surface area contributed by atoms with Crippen molar-refractivity contribution < 1.29 is 0 Å². The molecule has 2 fully saturated rings. The number of halogens is 3. The molecule has 126 valence electrons. The summed E-state index contributed by atoms with van der Waals surface area (Å²) in [7, 11) is 0. The van der Waals surface area contributed by atoms with Crippen molar-refractivity contribution in [3.63, 3.8) is 0 Å². The molecule has 1 atom stereocenters. The van der Waals surface area contributed by atoms with Gasteiger partial charge in [-0.3, -0.25) is 4.90 Å². The van der Waals surface area contributed by atoms with E-state index in [2.05, 4.69) is 57.1 Å². The van der Waals surface area contributed by atoms with Crippen LogP contribution in [0, 0.1) is 9.49 Å². The van der Waals surface area contributed by atoms with Gasteiger partial charge in [-0.2, -0.15) is 0 Å². The van der Waals surface area contributed by atoms with Crippen LogP contribution in [0.5, 0.6) is 0 Å². The van der Waals surface area contributed by atoms with Crippen molar-refractivity contribution >= 4 is 47.4 Å². The summed E-state index contributed by atoms with van der Waals surface area (Å²) in [5, 5.41) is 3.49. The lowest BCUT2D eigenvalue weighted by molar-refractivity contribution is 0.103. The molecule has 3 rings (SSSR count). The topological polar surface area (TPSA) is 15.3 Å². The van der Waals surface area contributed by atoms with Crippen molar-refractivity contribution in [2.45, 2.75) is 38.1 Å². The Bertz CT molecular complexity index is 414. The molecule has 0 unspecified atom stereocenters. The minimum Gasteiger partial charge on any atom is -0.314 e. The first-order chi connectivity index (χ1) is 9.84. The fourth-order valence-electron chi connectivity index (χ4n) is 3.88. The molecule has 1 saturated carbocycles. The molecule has 22 heavy (non-hydrogen) atoms. The summed E-state index contributed by atoms with van der Waals surface area (Å²) in [6, 6.07) is 9.84. The lowest BCUT2D eigenvalue weighted by Crippen LogP contribution is -2.47. The van der Waals surface area contributed by atoms with E-state index in [1.807, 2.05) is 0 Å². The van der Waals surface area contributed by atoms with Crippen molar-refractivity contribution in [3.05, 3.63) is 33.4 Å². The zero-order valence-corrected chi connectivity index (χ0v) is 16.8. The summed E-state index contributed by atoms with van der Waals surface area (Å²) in [6.45, 7) is 4.69. The minimum atomic E-state index is 0. The first-order valence-corrected chi connectivity index (χ1v) is 9.13. The molecule has 1 N–H and O–H groups in total. The van der Waals surface area contributed by atoms with Gasteiger partial charge in [0.1, 0.15) is 0 Å². The summed E-state index contributed by atoms with van der Waals surface area (Å²) in [5.41, 5.74) is 1.55. The Labute approximate surface area is 160 Å². The summed E-state index contributed by atoms with van der Waals surface area (Å²) in [4.78, 5) is 2.73. The van der Waals surface area contributed by atoms with Crippen LogP contribution in [0.2, 0.25) is 0 Å². The highest BCUT2D eigenvalue weighted by Crippen LogP contribution is 2.38. The Hall–Kier alpha value is 0.450. The van der Waals surface area contributed by atoms with Gasteiger partial charge in [0.05, 0.1) is 0 Å². The van der Waals surface area contributed by atoms with Crippen LogP contribution in [-0.4, -0.2) is 31.1 Å². The van der Waals surface area contributed by atoms with Crippen molar-refractivity contribution in [1.29, 1.82) is 0 Å². The fourth-order valence-corrected chi connectivity index (χ4v) is 4.45. The Balaban J connectivity index is 0.00000121. The zero-order chi connectivity index (χ0) is 13.8. The Morgan fingerprint density at radius 1 is 1.05 bits per heavy atom. The van der Waals surface area contributed by atoms with Gasteiger partial charge in [-0.05, 0) is 59.0 Å². The Kier molecular flexibility index (Phi) is 9.64. The number of rotatable bonds is 3. The number of hydrogen-bond acceptors (Lipinski definition) is 2. The molecular weight excluding hydrogens is 430 g/mol. The lowest BCUT2D eigenvalue weighted by atomic mass is 9.80. The van der Waals surface area contributed by atoms with Crippen LogP contribution < -0.4 is 5.32 Å². The van der Waals surface area contributed by atoms with Crippen LogP contribution >= 0.6 is 47.4 Å². The molecular formula is C17H27Cl2IN2. The smallest absolute Gasteiger partial charge is 0.0377 e. The highest BCUT2D eigenvalue weighted by atomic mass is 127. The van der Waals surface area contributed by atoms with Crippen LogP contribution in [-0.2, 0) is 0 Å². The molecule has 2 aliphatic rings. The maximum absolute atomic E-state index is 3.49. The predicted molar refractivity (Wildman–Crippen MR) is 107 cm³/mol. The molecule has 1 aliphatic heterocycles. The van der Waals surface area contributed by atoms with E-state index in [4.69, 9.17) is 0 Å². The largest absolute Gasteiger partial charge is 0.314 e. The Morgan fingerprint density at radius 3 is 2.36 bits per heavy atom. The van der Waals surface area contributed by atoms with Gasteiger partial charge < -0.3 is 5.32 Å². The van der Waals surface area contributed by atoms with Crippen molar-refractivity contribution in [2.24, 2.45) is 5.92 Å². The van der Waals surface area contributed by atoms with Crippen molar-refractivity contribution in [1.82, 2.24) is 10.2 Å². The molecule has 1 aromatic carbocycles. The normalized spacial score (nSPS) is 21.5. The predicted octanol–water partition coefficient (Wildman–Crippen LogP) is 4.66. The number of piperazine rings is 1. The SMILES string of the molecule is Cl.Cl.Ic1cccc([C@@H](C2CCCCC2)N2CCNCC2)c1. The van der Waals surface area contributed by atoms with Crippen molar-refractivity contribution in [3.8, 4) is 0 Å². The number of nitrogens with zero attached hydrogens (tertiary/aromatic N) is 1. The number of hydrogen-bond donors (Lipinski definition) is 1. The monoisotopic (exact) mass is 456 g/mol. The van der Waals surface area contributed by atoms with Crippen LogP contribution in [0.25, 0.3) is 0 Å². The van der Waals surface area contributed by atoms with E-state index < -0.39 is 0 Å². The first-order valence-electron chi connectivity index (χ1n) is 8.05. The van der Waals surface area contributed by atoms with Gasteiger partial charge in [0.2, 0.25) is 0 Å². The average molecular weight is 457 g/mol. The van der Waals surface area contributed by atoms with Crippen molar-refractivity contribution in [2.75, 3.05) is 26.2 Å². The van der Waals surface area contributed by atoms with Gasteiger partial charge in [0.15, 0.2) is 0 Å². The second-order valence-corrected chi connectivity index (χ2v) is 7.43. The molecule has 0 amide bonds. The van der Waals surface area contributed by atoms with Crippen LogP contribution in [0.3, 0.4) is 0 Å². The summed E-state index contributed by atoms with van der Waals surface area (Å²) in [6.07, 6.45) is 7.13. The molecule has 0 spiro atoms. The van der Waals surface area contributed by atoms with E-state index >= 15 is 0 Å². The van der Waals surface area contributed by atoms with E-state index in [9.17, 15) is 0 Å². The molecule has 1 aromatic rings. The molecule has 0 radical (unpaired) electrons. The third-order valence-corrected chi connectivity index (χ3v) is 5.50. The van der Waals surface area contributed by atoms with Gasteiger partial charge in [0, 0.05) is 35.8 Å². The lowest BCUT2D eigenvalue weighted by Gasteiger charge is -2.41. The molecule has 1 saturated heterocycles. The van der Waals surface area contributed by atoms with E-state index in [-0.39, 0.29) is 24.8 Å². The van der Waals surface area contributed by atoms with Gasteiger partial charge in [-0.1, -0.05) is 31.4 Å². The van der Waals surface area contributed by atoms with Gasteiger partial charge in [0.25, 0.3) is 0 Å². The van der Waals surface area contributed by atoms with E-state index in [1.54, 1.807) is 5.56 Å². The quantitative estimate of drug-likeness (QED) is 0.665. The highest BCUT2D eigenvalue weighted by Gasteiger charge is 2.30. The Morgan fingerprint density at radius 2 is 1.73 bits per heavy atom. The first kappa shape index (κ1) is 20.5. The second kappa shape index (κ2) is 10.3. The van der Waals surface area contributed by atoms with E-state index in [0.717, 1.165) is 19.0 Å². The summed E-state index contributed by atoms with van der Waals surface area (Å²) in [5.74, 6) is 0.861. The van der Waals surface area contributed by atoms with Gasteiger partial charge in [-0.25, -0.2) is 0 Å². The molecule has 0 aromatic heterocycles. The van der Waals surface area contributed by atoms with Gasteiger partial charge >= 0.3 is 0 Å². The van der Waals surface area contributed by atoms with E-state index in [1.165, 1.54) is 48.8 Å². The molecule has 2 nitrogen and oxygen atoms in total. The minimum absolute atomic E-state index is 0. The van der Waals surface area contributed by atoms with Gasteiger partial charge in [-0.15, -0.1) is 24.8 Å². The second-order valence-electron chi connectivity index (χ2n) is 6.18. The standard InChI is InChI=1S/C17H25IN2.2ClH/c18-16-8-4-7-15(13-16)17(14-5-2-1-3-6-14)20-11-9-19-10-12-20;;/h4,7-8,13-14,17,19H,1-3,5-6,9-12H2;2*1H/t17-;;/m1../s1. The number of benzene rings is 1. The molecule has 5 heteroatoms. The molecule has 1 heterocycles. The summed E-state index contributed by atoms with van der Waals surface area (Å²) < 4.78 is 1.37. The van der Waals surface area contributed by atoms with Crippen LogP contribution in [0.15, 0.2) is 24.3 Å². The molecule has 0 bridgehead atoms. The highest BCUT2D eigenvalue weighted by molar-refractivity contribution is 14.1. The molecule has 1 aliphatic carbocycles. The third kappa shape index (κ3) is 5.23. The van der Waals surface area contributed by atoms with E-state index in [0.29, 0.717) is 6.04 Å². The maximum atomic E-state index is 3.49.